The normalized spacial score (nSPS) is 21.3. The molecule has 1 aromatic carbocycles. The van der Waals surface area contributed by atoms with Crippen molar-refractivity contribution in [2.24, 2.45) is 5.41 Å². The molecule has 19 heavy (non-hydrogen) atoms. The number of carboxylic acids is 1. The second-order valence-corrected chi connectivity index (χ2v) is 6.17. The first-order valence-corrected chi connectivity index (χ1v) is 7.05. The molecule has 1 unspecified atom stereocenters. The Hall–Kier alpha value is -1.51. The average molecular weight is 261 g/mol. The molecule has 0 spiro atoms. The van der Waals surface area contributed by atoms with E-state index in [1.165, 1.54) is 19.3 Å². The van der Waals surface area contributed by atoms with E-state index in [9.17, 15) is 4.79 Å². The predicted octanol–water partition coefficient (Wildman–Crippen LogP) is 3.69. The summed E-state index contributed by atoms with van der Waals surface area (Å²) in [6, 6.07) is 8.66. The number of rotatable bonds is 5. The second-order valence-electron chi connectivity index (χ2n) is 6.17. The van der Waals surface area contributed by atoms with E-state index < -0.39 is 5.97 Å². The van der Waals surface area contributed by atoms with Gasteiger partial charge in [-0.3, -0.25) is 4.79 Å². The van der Waals surface area contributed by atoms with Gasteiger partial charge in [0.2, 0.25) is 0 Å². The Bertz CT molecular complexity index is 454. The van der Waals surface area contributed by atoms with Crippen LogP contribution in [0.4, 0.5) is 5.69 Å². The van der Waals surface area contributed by atoms with Crippen molar-refractivity contribution in [3.05, 3.63) is 29.8 Å². The van der Waals surface area contributed by atoms with Crippen molar-refractivity contribution in [2.45, 2.75) is 52.0 Å². The standard InChI is InChI=1S/C16H23NO2/c1-16(2)10-4-7-14(16)17-13-6-3-5-12(11-13)8-9-15(18)19/h3,5-6,11,14,17H,4,7-10H2,1-2H3,(H,18,19). The van der Waals surface area contributed by atoms with Crippen LogP contribution < -0.4 is 5.32 Å². The van der Waals surface area contributed by atoms with Crippen molar-refractivity contribution < 1.29 is 9.90 Å². The number of carbonyl (C=O) groups is 1. The fourth-order valence-corrected chi connectivity index (χ4v) is 2.86. The molecule has 0 aromatic heterocycles. The first-order chi connectivity index (χ1) is 8.97. The van der Waals surface area contributed by atoms with Crippen LogP contribution in [0.15, 0.2) is 24.3 Å². The molecule has 104 valence electrons. The number of benzene rings is 1. The highest BCUT2D eigenvalue weighted by molar-refractivity contribution is 5.67. The fourth-order valence-electron chi connectivity index (χ4n) is 2.86. The molecule has 0 amide bonds. The number of hydrogen-bond donors (Lipinski definition) is 2. The van der Waals surface area contributed by atoms with Gasteiger partial charge in [-0.1, -0.05) is 32.4 Å². The van der Waals surface area contributed by atoms with Crippen molar-refractivity contribution in [2.75, 3.05) is 5.32 Å². The minimum absolute atomic E-state index is 0.193. The van der Waals surface area contributed by atoms with Crippen molar-refractivity contribution in [1.29, 1.82) is 0 Å². The summed E-state index contributed by atoms with van der Waals surface area (Å²) in [5.41, 5.74) is 2.54. The number of aryl methyl sites for hydroxylation is 1. The third-order valence-electron chi connectivity index (χ3n) is 4.15. The first-order valence-electron chi connectivity index (χ1n) is 7.05. The van der Waals surface area contributed by atoms with E-state index in [4.69, 9.17) is 5.11 Å². The van der Waals surface area contributed by atoms with E-state index in [1.54, 1.807) is 0 Å². The third-order valence-corrected chi connectivity index (χ3v) is 4.15. The fraction of sp³-hybridized carbons (Fsp3) is 0.562. The Morgan fingerprint density at radius 1 is 1.47 bits per heavy atom. The molecule has 0 heterocycles. The van der Waals surface area contributed by atoms with Gasteiger partial charge in [-0.25, -0.2) is 0 Å². The molecule has 1 saturated carbocycles. The lowest BCUT2D eigenvalue weighted by Crippen LogP contribution is -2.30. The van der Waals surface area contributed by atoms with E-state index in [0.29, 0.717) is 17.9 Å². The number of nitrogens with one attached hydrogen (secondary N) is 1. The Kier molecular flexibility index (Phi) is 4.13. The van der Waals surface area contributed by atoms with Crippen LogP contribution in [0.25, 0.3) is 0 Å². The summed E-state index contributed by atoms with van der Waals surface area (Å²) in [4.78, 5) is 10.6. The van der Waals surface area contributed by atoms with Crippen molar-refractivity contribution >= 4 is 11.7 Å². The maximum atomic E-state index is 10.6. The molecule has 0 radical (unpaired) electrons. The number of carboxylic acid groups (broad SMARTS) is 1. The van der Waals surface area contributed by atoms with Gasteiger partial charge in [0, 0.05) is 18.2 Å². The molecule has 1 aromatic rings. The minimum atomic E-state index is -0.740. The van der Waals surface area contributed by atoms with Crippen LogP contribution in [0.5, 0.6) is 0 Å². The molecule has 0 saturated heterocycles. The van der Waals surface area contributed by atoms with E-state index in [1.807, 2.05) is 12.1 Å². The number of aliphatic carboxylic acids is 1. The number of anilines is 1. The zero-order valence-corrected chi connectivity index (χ0v) is 11.8. The van der Waals surface area contributed by atoms with Gasteiger partial charge in [0.1, 0.15) is 0 Å². The highest BCUT2D eigenvalue weighted by Crippen LogP contribution is 2.39. The monoisotopic (exact) mass is 261 g/mol. The predicted molar refractivity (Wildman–Crippen MR) is 77.4 cm³/mol. The summed E-state index contributed by atoms with van der Waals surface area (Å²) >= 11 is 0. The van der Waals surface area contributed by atoms with Crippen LogP contribution in [0.3, 0.4) is 0 Å². The maximum Gasteiger partial charge on any atom is 0.303 e. The topological polar surface area (TPSA) is 49.3 Å². The molecular weight excluding hydrogens is 238 g/mol. The summed E-state index contributed by atoms with van der Waals surface area (Å²) in [5.74, 6) is -0.740. The Balaban J connectivity index is 2.01. The Morgan fingerprint density at radius 3 is 2.89 bits per heavy atom. The van der Waals surface area contributed by atoms with Gasteiger partial charge in [-0.15, -0.1) is 0 Å². The highest BCUT2D eigenvalue weighted by Gasteiger charge is 2.34. The Morgan fingerprint density at radius 2 is 2.26 bits per heavy atom. The summed E-state index contributed by atoms with van der Waals surface area (Å²) in [6.07, 6.45) is 4.55. The molecule has 1 aliphatic rings. The summed E-state index contributed by atoms with van der Waals surface area (Å²) in [7, 11) is 0. The molecule has 1 atom stereocenters. The van der Waals surface area contributed by atoms with Crippen molar-refractivity contribution in [3.8, 4) is 0 Å². The van der Waals surface area contributed by atoms with Gasteiger partial charge < -0.3 is 10.4 Å². The summed E-state index contributed by atoms with van der Waals surface area (Å²) in [6.45, 7) is 4.62. The lowest BCUT2D eigenvalue weighted by atomic mass is 9.87. The molecule has 2 N–H and O–H groups in total. The SMILES string of the molecule is CC1(C)CCCC1Nc1cccc(CCC(=O)O)c1. The lowest BCUT2D eigenvalue weighted by Gasteiger charge is -2.28. The molecule has 2 rings (SSSR count). The molecule has 0 bridgehead atoms. The van der Waals surface area contributed by atoms with E-state index in [-0.39, 0.29) is 6.42 Å². The van der Waals surface area contributed by atoms with Gasteiger partial charge in [-0.2, -0.15) is 0 Å². The summed E-state index contributed by atoms with van der Waals surface area (Å²) < 4.78 is 0. The van der Waals surface area contributed by atoms with E-state index >= 15 is 0 Å². The van der Waals surface area contributed by atoms with Crippen LogP contribution in [-0.4, -0.2) is 17.1 Å². The molecule has 3 heteroatoms. The maximum absolute atomic E-state index is 10.6. The quantitative estimate of drug-likeness (QED) is 0.849. The molecular formula is C16H23NO2. The molecule has 1 fully saturated rings. The lowest BCUT2D eigenvalue weighted by molar-refractivity contribution is -0.136. The van der Waals surface area contributed by atoms with Gasteiger partial charge in [0.25, 0.3) is 0 Å². The third kappa shape index (κ3) is 3.72. The number of hydrogen-bond acceptors (Lipinski definition) is 2. The molecule has 1 aliphatic carbocycles. The zero-order chi connectivity index (χ0) is 13.9. The van der Waals surface area contributed by atoms with E-state index in [0.717, 1.165) is 11.3 Å². The minimum Gasteiger partial charge on any atom is -0.481 e. The van der Waals surface area contributed by atoms with Crippen LogP contribution in [0.1, 0.15) is 45.1 Å². The average Bonchev–Trinajstić information content (AvgIpc) is 2.67. The first kappa shape index (κ1) is 13.9. The van der Waals surface area contributed by atoms with E-state index in [2.05, 4.69) is 31.3 Å². The largest absolute Gasteiger partial charge is 0.481 e. The Labute approximate surface area is 115 Å². The highest BCUT2D eigenvalue weighted by atomic mass is 16.4. The van der Waals surface area contributed by atoms with Gasteiger partial charge in [-0.05, 0) is 42.4 Å². The van der Waals surface area contributed by atoms with Crippen molar-refractivity contribution in [3.63, 3.8) is 0 Å². The zero-order valence-electron chi connectivity index (χ0n) is 11.8. The summed E-state index contributed by atoms with van der Waals surface area (Å²) in [5, 5.41) is 12.3. The van der Waals surface area contributed by atoms with Crippen LogP contribution >= 0.6 is 0 Å². The van der Waals surface area contributed by atoms with Gasteiger partial charge in [0.05, 0.1) is 0 Å². The smallest absolute Gasteiger partial charge is 0.303 e. The van der Waals surface area contributed by atoms with Crippen LogP contribution in [-0.2, 0) is 11.2 Å². The van der Waals surface area contributed by atoms with Crippen LogP contribution in [0, 0.1) is 5.41 Å². The van der Waals surface area contributed by atoms with Gasteiger partial charge >= 0.3 is 5.97 Å². The molecule has 0 aliphatic heterocycles. The second kappa shape index (κ2) is 5.64. The molecule has 3 nitrogen and oxygen atoms in total. The van der Waals surface area contributed by atoms with Gasteiger partial charge in [0.15, 0.2) is 0 Å². The van der Waals surface area contributed by atoms with Crippen LogP contribution in [0.2, 0.25) is 0 Å². The van der Waals surface area contributed by atoms with Crippen molar-refractivity contribution in [1.82, 2.24) is 0 Å².